The molecule has 15 heavy (non-hydrogen) atoms. The number of nitrogens with one attached hydrogen (secondary N) is 1. The zero-order valence-electron chi connectivity index (χ0n) is 8.34. The molecule has 0 heterocycles. The molecule has 0 aliphatic heterocycles. The van der Waals surface area contributed by atoms with E-state index in [2.05, 4.69) is 5.32 Å². The van der Waals surface area contributed by atoms with Gasteiger partial charge in [-0.3, -0.25) is 4.79 Å². The molecule has 1 aromatic rings. The van der Waals surface area contributed by atoms with Gasteiger partial charge in [0, 0.05) is 12.6 Å². The largest absolute Gasteiger partial charge is 0.480 e. The van der Waals surface area contributed by atoms with E-state index in [4.69, 9.17) is 10.0 Å². The van der Waals surface area contributed by atoms with Gasteiger partial charge in [0.05, 0.1) is 0 Å². The summed E-state index contributed by atoms with van der Waals surface area (Å²) in [5.74, 6) is 1.14. The van der Waals surface area contributed by atoms with E-state index in [0.717, 1.165) is 5.56 Å². The molecule has 1 amide bonds. The highest BCUT2D eigenvalue weighted by atomic mass is 16.4. The number of rotatable bonds is 3. The van der Waals surface area contributed by atoms with Gasteiger partial charge in [-0.1, -0.05) is 24.2 Å². The number of amides is 1. The van der Waals surface area contributed by atoms with Crippen LogP contribution in [0, 0.1) is 0 Å². The van der Waals surface area contributed by atoms with Crippen LogP contribution in [0.4, 0.5) is 5.69 Å². The minimum atomic E-state index is -1.44. The SMILES string of the molecule is CC(=O)Nc1ccc(/C=C/B(O)O)cc1. The Hall–Kier alpha value is -1.59. The van der Waals surface area contributed by atoms with Crippen LogP contribution < -0.4 is 5.32 Å². The molecule has 4 nitrogen and oxygen atoms in total. The zero-order chi connectivity index (χ0) is 11.3. The Morgan fingerprint density at radius 3 is 2.40 bits per heavy atom. The molecule has 1 rings (SSSR count). The highest BCUT2D eigenvalue weighted by Crippen LogP contribution is 2.10. The van der Waals surface area contributed by atoms with Crippen LogP contribution in [0.15, 0.2) is 30.2 Å². The molecule has 0 radical (unpaired) electrons. The third-order valence-corrected chi connectivity index (χ3v) is 1.69. The van der Waals surface area contributed by atoms with Gasteiger partial charge < -0.3 is 15.4 Å². The van der Waals surface area contributed by atoms with Gasteiger partial charge in [-0.25, -0.2) is 0 Å². The van der Waals surface area contributed by atoms with E-state index < -0.39 is 7.12 Å². The molecular weight excluding hydrogens is 193 g/mol. The topological polar surface area (TPSA) is 69.6 Å². The molecule has 0 aliphatic carbocycles. The molecule has 0 aliphatic rings. The van der Waals surface area contributed by atoms with Gasteiger partial charge in [0.1, 0.15) is 0 Å². The summed E-state index contributed by atoms with van der Waals surface area (Å²) in [6.45, 7) is 1.44. The fourth-order valence-corrected chi connectivity index (χ4v) is 1.08. The molecule has 78 valence electrons. The smallest absolute Gasteiger partial charge is 0.424 e. The molecule has 1 aromatic carbocycles. The number of hydrogen-bond acceptors (Lipinski definition) is 3. The Morgan fingerprint density at radius 2 is 1.93 bits per heavy atom. The molecule has 0 fully saturated rings. The number of benzene rings is 1. The Balaban J connectivity index is 2.68. The maximum atomic E-state index is 10.7. The van der Waals surface area contributed by atoms with Crippen molar-refractivity contribution in [3.8, 4) is 0 Å². The number of hydrogen-bond donors (Lipinski definition) is 3. The third kappa shape index (κ3) is 4.44. The van der Waals surface area contributed by atoms with Gasteiger partial charge in [0.15, 0.2) is 0 Å². The lowest BCUT2D eigenvalue weighted by atomic mass is 9.91. The number of carbonyl (C=O) groups is 1. The fraction of sp³-hybridized carbons (Fsp3) is 0.100. The second kappa shape index (κ2) is 5.33. The average Bonchev–Trinajstić information content (AvgIpc) is 2.16. The van der Waals surface area contributed by atoms with Gasteiger partial charge in [-0.15, -0.1) is 0 Å². The van der Waals surface area contributed by atoms with Gasteiger partial charge in [-0.2, -0.15) is 0 Å². The van der Waals surface area contributed by atoms with E-state index in [1.54, 1.807) is 30.3 Å². The van der Waals surface area contributed by atoms with Crippen LogP contribution in [-0.4, -0.2) is 23.1 Å². The second-order valence-corrected chi connectivity index (χ2v) is 3.08. The van der Waals surface area contributed by atoms with Crippen molar-refractivity contribution in [1.82, 2.24) is 0 Å². The van der Waals surface area contributed by atoms with Crippen molar-refractivity contribution in [2.24, 2.45) is 0 Å². The molecule has 5 heteroatoms. The molecule has 0 saturated carbocycles. The maximum absolute atomic E-state index is 10.7. The molecule has 3 N–H and O–H groups in total. The van der Waals surface area contributed by atoms with Crippen LogP contribution >= 0.6 is 0 Å². The molecule has 0 spiro atoms. The molecule has 0 aromatic heterocycles. The summed E-state index contributed by atoms with van der Waals surface area (Å²) < 4.78 is 0. The van der Waals surface area contributed by atoms with Gasteiger partial charge in [0.2, 0.25) is 5.91 Å². The van der Waals surface area contributed by atoms with Crippen LogP contribution in [0.25, 0.3) is 6.08 Å². The Bertz CT molecular complexity index is 359. The third-order valence-electron chi connectivity index (χ3n) is 1.69. The van der Waals surface area contributed by atoms with Crippen LogP contribution in [0.3, 0.4) is 0 Å². The highest BCUT2D eigenvalue weighted by molar-refractivity contribution is 6.48. The van der Waals surface area contributed by atoms with Crippen molar-refractivity contribution in [1.29, 1.82) is 0 Å². The van der Waals surface area contributed by atoms with E-state index in [0.29, 0.717) is 5.69 Å². The maximum Gasteiger partial charge on any atom is 0.480 e. The summed E-state index contributed by atoms with van der Waals surface area (Å²) in [7, 11) is -1.44. The van der Waals surface area contributed by atoms with Gasteiger partial charge >= 0.3 is 7.12 Å². The summed E-state index contributed by atoms with van der Waals surface area (Å²) in [6, 6.07) is 7.02. The van der Waals surface area contributed by atoms with Gasteiger partial charge in [0.25, 0.3) is 0 Å². The second-order valence-electron chi connectivity index (χ2n) is 3.08. The van der Waals surface area contributed by atoms with E-state index in [1.807, 2.05) is 0 Å². The summed E-state index contributed by atoms with van der Waals surface area (Å²) >= 11 is 0. The van der Waals surface area contributed by atoms with Crippen LogP contribution in [0.1, 0.15) is 12.5 Å². The van der Waals surface area contributed by atoms with Crippen molar-refractivity contribution in [2.45, 2.75) is 6.92 Å². The lowest BCUT2D eigenvalue weighted by Gasteiger charge is -2.01. The molecule has 0 saturated heterocycles. The van der Waals surface area contributed by atoms with Crippen molar-refractivity contribution < 1.29 is 14.8 Å². The zero-order valence-corrected chi connectivity index (χ0v) is 8.34. The molecule has 0 bridgehead atoms. The molecular formula is C10H12BNO3. The molecule has 0 atom stereocenters. The average molecular weight is 205 g/mol. The van der Waals surface area contributed by atoms with Crippen LogP contribution in [0.2, 0.25) is 0 Å². The van der Waals surface area contributed by atoms with Crippen molar-refractivity contribution >= 4 is 24.8 Å². The predicted molar refractivity (Wildman–Crippen MR) is 60.0 cm³/mol. The quantitative estimate of drug-likeness (QED) is 0.635. The lowest BCUT2D eigenvalue weighted by Crippen LogP contribution is -2.06. The normalized spacial score (nSPS) is 10.3. The summed E-state index contributed by atoms with van der Waals surface area (Å²) in [5.41, 5.74) is 1.54. The van der Waals surface area contributed by atoms with E-state index in [1.165, 1.54) is 12.9 Å². The Morgan fingerprint density at radius 1 is 1.33 bits per heavy atom. The van der Waals surface area contributed by atoms with Crippen molar-refractivity contribution in [3.05, 3.63) is 35.8 Å². The summed E-state index contributed by atoms with van der Waals surface area (Å²) in [5, 5.41) is 19.8. The predicted octanol–water partition coefficient (Wildman–Crippen LogP) is 0.670. The number of anilines is 1. The van der Waals surface area contributed by atoms with Crippen molar-refractivity contribution in [3.63, 3.8) is 0 Å². The molecule has 0 unspecified atom stereocenters. The lowest BCUT2D eigenvalue weighted by molar-refractivity contribution is -0.114. The van der Waals surface area contributed by atoms with Crippen molar-refractivity contribution in [2.75, 3.05) is 5.32 Å². The minimum absolute atomic E-state index is 0.121. The van der Waals surface area contributed by atoms with Gasteiger partial charge in [-0.05, 0) is 17.7 Å². The number of carbonyl (C=O) groups excluding carboxylic acids is 1. The van der Waals surface area contributed by atoms with Crippen LogP contribution in [0.5, 0.6) is 0 Å². The van der Waals surface area contributed by atoms with E-state index >= 15 is 0 Å². The Labute approximate surface area is 88.4 Å². The fourth-order valence-electron chi connectivity index (χ4n) is 1.08. The summed E-state index contributed by atoms with van der Waals surface area (Å²) in [6.07, 6.45) is 1.59. The standard InChI is InChI=1S/C10H12BNO3/c1-8(13)12-10-4-2-9(3-5-10)6-7-11(14)15/h2-7,14-15H,1H3,(H,12,13)/b7-6+. The Kier molecular flexibility index (Phi) is 4.09. The summed E-state index contributed by atoms with van der Waals surface area (Å²) in [4.78, 5) is 10.7. The first kappa shape index (κ1) is 11.5. The first-order chi connectivity index (χ1) is 7.08. The van der Waals surface area contributed by atoms with E-state index in [9.17, 15) is 4.79 Å². The monoisotopic (exact) mass is 205 g/mol. The van der Waals surface area contributed by atoms with E-state index in [-0.39, 0.29) is 5.91 Å². The first-order valence-corrected chi connectivity index (χ1v) is 4.50. The highest BCUT2D eigenvalue weighted by Gasteiger charge is 1.98. The minimum Gasteiger partial charge on any atom is -0.424 e. The first-order valence-electron chi connectivity index (χ1n) is 4.50. The van der Waals surface area contributed by atoms with Crippen LogP contribution in [-0.2, 0) is 4.79 Å².